The number of amides is 2. The van der Waals surface area contributed by atoms with Gasteiger partial charge in [-0.05, 0) is 51.0 Å². The third kappa shape index (κ3) is 12.6. The number of aliphatic carboxylic acids is 1. The van der Waals surface area contributed by atoms with E-state index in [1.807, 2.05) is 13.8 Å². The van der Waals surface area contributed by atoms with E-state index >= 15 is 0 Å². The number of hydrogen-bond acceptors (Lipinski definition) is 6. The van der Waals surface area contributed by atoms with E-state index in [0.29, 0.717) is 32.2 Å². The van der Waals surface area contributed by atoms with Crippen LogP contribution in [0.4, 0.5) is 0 Å². The monoisotopic (exact) mass is 415 g/mol. The molecule has 3 unspecified atom stereocenters. The normalized spacial score (nSPS) is 14.0. The first kappa shape index (κ1) is 26.6. The summed E-state index contributed by atoms with van der Waals surface area (Å²) in [6.07, 6.45) is 2.58. The second-order valence-electron chi connectivity index (χ2n) is 7.43. The molecular weight excluding hydrogens is 378 g/mol. The summed E-state index contributed by atoms with van der Waals surface area (Å²) >= 11 is 0. The summed E-state index contributed by atoms with van der Waals surface area (Å²) in [7, 11) is 0. The van der Waals surface area contributed by atoms with Gasteiger partial charge in [0.25, 0.3) is 0 Å². The van der Waals surface area contributed by atoms with E-state index in [9.17, 15) is 19.5 Å². The fraction of sp³-hybridized carbons (Fsp3) is 0.778. The fourth-order valence-electron chi connectivity index (χ4n) is 2.69. The number of rotatable bonds is 15. The van der Waals surface area contributed by atoms with Crippen molar-refractivity contribution < 1.29 is 19.5 Å². The Morgan fingerprint density at radius 3 is 2.07 bits per heavy atom. The third-order valence-corrected chi connectivity index (χ3v) is 4.20. The summed E-state index contributed by atoms with van der Waals surface area (Å²) in [5.41, 5.74) is 21.9. The maximum absolute atomic E-state index is 12.7. The van der Waals surface area contributed by atoms with E-state index in [1.165, 1.54) is 0 Å². The van der Waals surface area contributed by atoms with Crippen LogP contribution in [0.5, 0.6) is 0 Å². The number of unbranched alkanes of at least 4 members (excludes halogenated alkanes) is 1. The third-order valence-electron chi connectivity index (χ3n) is 4.20. The molecule has 0 aromatic carbocycles. The molecule has 0 radical (unpaired) electrons. The average molecular weight is 416 g/mol. The van der Waals surface area contributed by atoms with Gasteiger partial charge in [-0.25, -0.2) is 4.79 Å². The van der Waals surface area contributed by atoms with Gasteiger partial charge in [0, 0.05) is 6.54 Å². The van der Waals surface area contributed by atoms with Gasteiger partial charge in [0.15, 0.2) is 5.96 Å². The lowest BCUT2D eigenvalue weighted by Crippen LogP contribution is -2.54. The van der Waals surface area contributed by atoms with Gasteiger partial charge in [-0.15, -0.1) is 0 Å². The Kier molecular flexibility index (Phi) is 13.4. The number of hydrogen-bond donors (Lipinski definition) is 7. The highest BCUT2D eigenvalue weighted by Gasteiger charge is 2.27. The molecule has 0 spiro atoms. The molecule has 0 saturated carbocycles. The number of aliphatic imine (C=N–C) groups is 1. The second kappa shape index (κ2) is 14.6. The molecule has 29 heavy (non-hydrogen) atoms. The standard InChI is InChI=1S/C18H37N7O4/c1-11(2)10-12(20)15(26)24-13(7-5-9-23-18(21)22)16(27)25-14(17(28)29)6-3-4-8-19/h11-14H,3-10,19-20H2,1-2H3,(H,24,26)(H,25,27)(H,28,29)(H4,21,22,23). The van der Waals surface area contributed by atoms with Crippen LogP contribution in [-0.4, -0.2) is 60.1 Å². The Labute approximate surface area is 172 Å². The van der Waals surface area contributed by atoms with Crippen molar-refractivity contribution in [2.45, 2.75) is 70.5 Å². The molecule has 0 bridgehead atoms. The number of carboxylic acids is 1. The van der Waals surface area contributed by atoms with Gasteiger partial charge < -0.3 is 38.7 Å². The highest BCUT2D eigenvalue weighted by molar-refractivity contribution is 5.91. The van der Waals surface area contributed by atoms with Gasteiger partial charge in [0.05, 0.1) is 6.04 Å². The van der Waals surface area contributed by atoms with Gasteiger partial charge in [0.1, 0.15) is 12.1 Å². The maximum Gasteiger partial charge on any atom is 0.326 e. The number of guanidine groups is 1. The van der Waals surface area contributed by atoms with Gasteiger partial charge >= 0.3 is 5.97 Å². The van der Waals surface area contributed by atoms with E-state index in [0.717, 1.165) is 0 Å². The van der Waals surface area contributed by atoms with Crippen LogP contribution in [0.1, 0.15) is 52.4 Å². The zero-order valence-electron chi connectivity index (χ0n) is 17.4. The number of carbonyl (C=O) groups excluding carboxylic acids is 2. The first-order chi connectivity index (χ1) is 13.6. The summed E-state index contributed by atoms with van der Waals surface area (Å²) in [5.74, 6) is -2.04. The zero-order chi connectivity index (χ0) is 22.4. The van der Waals surface area contributed by atoms with Crippen molar-refractivity contribution in [1.29, 1.82) is 0 Å². The summed E-state index contributed by atoms with van der Waals surface area (Å²) < 4.78 is 0. The van der Waals surface area contributed by atoms with Crippen LogP contribution in [0.3, 0.4) is 0 Å². The lowest BCUT2D eigenvalue weighted by Gasteiger charge is -2.23. The molecule has 0 aromatic rings. The van der Waals surface area contributed by atoms with Gasteiger partial charge in [-0.1, -0.05) is 13.8 Å². The Morgan fingerprint density at radius 2 is 1.55 bits per heavy atom. The highest BCUT2D eigenvalue weighted by Crippen LogP contribution is 2.07. The van der Waals surface area contributed by atoms with E-state index in [1.54, 1.807) is 0 Å². The molecule has 0 rings (SSSR count). The molecule has 0 aromatic heterocycles. The van der Waals surface area contributed by atoms with E-state index in [-0.39, 0.29) is 31.3 Å². The molecule has 2 amide bonds. The molecule has 11 nitrogen and oxygen atoms in total. The topological polar surface area (TPSA) is 212 Å². The largest absolute Gasteiger partial charge is 0.480 e. The Morgan fingerprint density at radius 1 is 0.966 bits per heavy atom. The average Bonchev–Trinajstić information content (AvgIpc) is 2.62. The predicted octanol–water partition coefficient (Wildman–Crippen LogP) is -1.40. The van der Waals surface area contributed by atoms with Crippen molar-refractivity contribution in [3.8, 4) is 0 Å². The Balaban J connectivity index is 5.07. The number of nitrogens with one attached hydrogen (secondary N) is 2. The molecule has 11 N–H and O–H groups in total. The van der Waals surface area contributed by atoms with Crippen molar-refractivity contribution >= 4 is 23.7 Å². The van der Waals surface area contributed by atoms with Crippen LogP contribution >= 0.6 is 0 Å². The van der Waals surface area contributed by atoms with Crippen LogP contribution in [0.15, 0.2) is 4.99 Å². The molecular formula is C18H37N7O4. The minimum absolute atomic E-state index is 0.0696. The molecule has 0 fully saturated rings. The van der Waals surface area contributed by atoms with Crippen molar-refractivity contribution in [2.75, 3.05) is 13.1 Å². The van der Waals surface area contributed by atoms with Crippen molar-refractivity contribution in [2.24, 2.45) is 33.8 Å². The van der Waals surface area contributed by atoms with E-state index in [4.69, 9.17) is 22.9 Å². The van der Waals surface area contributed by atoms with Crippen LogP contribution in [0.2, 0.25) is 0 Å². The number of carbonyl (C=O) groups is 3. The Hall–Kier alpha value is -2.40. The number of carboxylic acid groups (broad SMARTS) is 1. The minimum atomic E-state index is -1.14. The van der Waals surface area contributed by atoms with Crippen LogP contribution in [0.25, 0.3) is 0 Å². The SMILES string of the molecule is CC(C)CC(N)C(=O)NC(CCCN=C(N)N)C(=O)NC(CCCCN)C(=O)O. The summed E-state index contributed by atoms with van der Waals surface area (Å²) in [6.45, 7) is 4.59. The van der Waals surface area contributed by atoms with Crippen molar-refractivity contribution in [3.05, 3.63) is 0 Å². The molecule has 168 valence electrons. The van der Waals surface area contributed by atoms with Crippen molar-refractivity contribution in [3.63, 3.8) is 0 Å². The first-order valence-corrected chi connectivity index (χ1v) is 9.93. The van der Waals surface area contributed by atoms with Gasteiger partial charge in [-0.3, -0.25) is 14.6 Å². The van der Waals surface area contributed by atoms with Crippen LogP contribution in [0, 0.1) is 5.92 Å². The lowest BCUT2D eigenvalue weighted by molar-refractivity contribution is -0.142. The zero-order valence-corrected chi connectivity index (χ0v) is 17.4. The molecule has 11 heteroatoms. The molecule has 3 atom stereocenters. The molecule has 0 aliphatic heterocycles. The van der Waals surface area contributed by atoms with Gasteiger partial charge in [0.2, 0.25) is 11.8 Å². The summed E-state index contributed by atoms with van der Waals surface area (Å²) in [6, 6.07) is -2.76. The molecule has 0 aliphatic rings. The van der Waals surface area contributed by atoms with Crippen molar-refractivity contribution in [1.82, 2.24) is 10.6 Å². The van der Waals surface area contributed by atoms with E-state index < -0.39 is 35.9 Å². The molecule has 0 aliphatic carbocycles. The molecule has 0 saturated heterocycles. The smallest absolute Gasteiger partial charge is 0.326 e. The van der Waals surface area contributed by atoms with Crippen LogP contribution in [-0.2, 0) is 14.4 Å². The fourth-order valence-corrected chi connectivity index (χ4v) is 2.69. The van der Waals surface area contributed by atoms with E-state index in [2.05, 4.69) is 15.6 Å². The highest BCUT2D eigenvalue weighted by atomic mass is 16.4. The maximum atomic E-state index is 12.7. The van der Waals surface area contributed by atoms with Crippen LogP contribution < -0.4 is 33.6 Å². The first-order valence-electron chi connectivity index (χ1n) is 9.93. The minimum Gasteiger partial charge on any atom is -0.480 e. The number of nitrogens with two attached hydrogens (primary N) is 4. The van der Waals surface area contributed by atoms with Gasteiger partial charge in [-0.2, -0.15) is 0 Å². The quantitative estimate of drug-likeness (QED) is 0.0956. The second-order valence-corrected chi connectivity index (χ2v) is 7.43. The molecule has 0 heterocycles. The number of nitrogens with zero attached hydrogens (tertiary/aromatic N) is 1. The lowest BCUT2D eigenvalue weighted by atomic mass is 10.0. The summed E-state index contributed by atoms with van der Waals surface area (Å²) in [4.78, 5) is 40.3. The predicted molar refractivity (Wildman–Crippen MR) is 112 cm³/mol. The Bertz CT molecular complexity index is 550. The summed E-state index contributed by atoms with van der Waals surface area (Å²) in [5, 5.41) is 14.5.